The topological polar surface area (TPSA) is 155 Å². The molecule has 0 aliphatic carbocycles. The second-order valence-corrected chi connectivity index (χ2v) is 12.3. The molecule has 1 fully saturated rings. The molecule has 3 amide bonds. The number of nitrogens with zero attached hydrogens (tertiary/aromatic N) is 2. The van der Waals surface area contributed by atoms with Crippen LogP contribution in [0.1, 0.15) is 44.2 Å². The van der Waals surface area contributed by atoms with E-state index >= 15 is 0 Å². The molecule has 4 rings (SSSR count). The van der Waals surface area contributed by atoms with E-state index in [0.717, 1.165) is 17.8 Å². The molecule has 14 heteroatoms. The third kappa shape index (κ3) is 6.99. The maximum Gasteiger partial charge on any atom is 0.315 e. The first kappa shape index (κ1) is 28.6. The van der Waals surface area contributed by atoms with Crippen LogP contribution in [0.15, 0.2) is 39.9 Å². The van der Waals surface area contributed by atoms with Crippen molar-refractivity contribution in [1.29, 1.82) is 0 Å². The zero-order valence-corrected chi connectivity index (χ0v) is 23.1. The summed E-state index contributed by atoms with van der Waals surface area (Å²) in [4.78, 5) is 39.4. The van der Waals surface area contributed by atoms with E-state index in [1.165, 1.54) is 4.31 Å². The number of hydrogen-bond donors (Lipinski definition) is 3. The number of benzene rings is 1. The van der Waals surface area contributed by atoms with Gasteiger partial charge in [0.05, 0.1) is 12.5 Å². The van der Waals surface area contributed by atoms with Crippen LogP contribution < -0.4 is 20.1 Å². The number of aliphatic carboxylic acids is 1. The summed E-state index contributed by atoms with van der Waals surface area (Å²) in [6.45, 7) is 2.75. The van der Waals surface area contributed by atoms with Crippen LogP contribution in [-0.2, 0) is 19.6 Å². The van der Waals surface area contributed by atoms with Gasteiger partial charge in [-0.2, -0.15) is 4.31 Å². The maximum absolute atomic E-state index is 13.4. The predicted molar refractivity (Wildman–Crippen MR) is 142 cm³/mol. The molecule has 3 N–H and O–H groups in total. The molecule has 1 aromatic carbocycles. The van der Waals surface area contributed by atoms with E-state index in [-0.39, 0.29) is 49.5 Å². The number of fused-ring (bicyclic) bond motifs is 1. The van der Waals surface area contributed by atoms with E-state index in [9.17, 15) is 27.9 Å². The van der Waals surface area contributed by atoms with Crippen molar-refractivity contribution in [2.75, 3.05) is 33.0 Å². The lowest BCUT2D eigenvalue weighted by molar-refractivity contribution is -0.137. The number of carboxylic acid groups (broad SMARTS) is 1. The highest BCUT2D eigenvalue weighted by molar-refractivity contribution is 7.91. The summed E-state index contributed by atoms with van der Waals surface area (Å²) in [7, 11) is -3.61. The third-order valence-corrected chi connectivity index (χ3v) is 9.84. The van der Waals surface area contributed by atoms with Crippen molar-refractivity contribution in [2.24, 2.45) is 0 Å². The van der Waals surface area contributed by atoms with Crippen LogP contribution in [0, 0.1) is 0 Å². The summed E-state index contributed by atoms with van der Waals surface area (Å²) in [5.41, 5.74) is 0.524. The Kier molecular flexibility index (Phi) is 9.30. The van der Waals surface area contributed by atoms with Crippen molar-refractivity contribution >= 4 is 39.3 Å². The minimum atomic E-state index is -3.61. The van der Waals surface area contributed by atoms with Gasteiger partial charge in [-0.05, 0) is 35.6 Å². The molecule has 0 radical (unpaired) electrons. The number of urea groups is 1. The van der Waals surface area contributed by atoms with Gasteiger partial charge in [-0.1, -0.05) is 31.9 Å². The first-order chi connectivity index (χ1) is 18.7. The molecule has 0 spiro atoms. The first-order valence-electron chi connectivity index (χ1n) is 12.7. The third-order valence-electron chi connectivity index (χ3n) is 6.57. The Hall–Kier alpha value is -3.36. The lowest BCUT2D eigenvalue weighted by Crippen LogP contribution is -2.56. The standard InChI is InChI=1S/C25H32N4O8S2/c1-2-3-5-18(24(32)28-9-11-29(12-10-28)39(34,35)23-6-4-13-38-23)26-25(33)27-19(15-22(30)31)17-7-8-20-21(14-17)37-16-36-20/h4,6-8,13-14,18-19H,2-3,5,9-12,15-16H2,1H3,(H,30,31)(H2,26,27,33)/t18-,19-/m0/s1. The average Bonchev–Trinajstić information content (AvgIpc) is 3.62. The number of amides is 3. The van der Waals surface area contributed by atoms with Crippen molar-refractivity contribution in [3.05, 3.63) is 41.3 Å². The summed E-state index contributed by atoms with van der Waals surface area (Å²) in [5.74, 6) is -0.413. The van der Waals surface area contributed by atoms with Gasteiger partial charge in [-0.25, -0.2) is 13.2 Å². The molecular formula is C25H32N4O8S2. The number of carbonyl (C=O) groups excluding carboxylic acids is 2. The van der Waals surface area contributed by atoms with Gasteiger partial charge in [0, 0.05) is 26.2 Å². The molecule has 39 heavy (non-hydrogen) atoms. The minimum absolute atomic E-state index is 0.0613. The molecule has 1 saturated heterocycles. The molecule has 0 saturated carbocycles. The Morgan fingerprint density at radius 3 is 2.49 bits per heavy atom. The van der Waals surface area contributed by atoms with Gasteiger partial charge in [-0.3, -0.25) is 9.59 Å². The van der Waals surface area contributed by atoms with Gasteiger partial charge in [0.2, 0.25) is 12.7 Å². The molecule has 2 aliphatic heterocycles. The van der Waals surface area contributed by atoms with E-state index < -0.39 is 34.1 Å². The zero-order valence-electron chi connectivity index (χ0n) is 21.5. The molecule has 0 bridgehead atoms. The van der Waals surface area contributed by atoms with Crippen molar-refractivity contribution in [3.8, 4) is 11.5 Å². The number of unbranched alkanes of at least 4 members (excludes halogenated alkanes) is 1. The summed E-state index contributed by atoms with van der Waals surface area (Å²) in [6.07, 6.45) is 1.51. The largest absolute Gasteiger partial charge is 0.481 e. The van der Waals surface area contributed by atoms with Gasteiger partial charge in [0.15, 0.2) is 11.5 Å². The fourth-order valence-electron chi connectivity index (χ4n) is 4.49. The first-order valence-corrected chi connectivity index (χ1v) is 15.0. The number of piperazine rings is 1. The molecule has 1 aromatic heterocycles. The molecule has 0 unspecified atom stereocenters. The highest BCUT2D eigenvalue weighted by atomic mass is 32.2. The molecule has 2 aromatic rings. The Labute approximate surface area is 230 Å². The lowest BCUT2D eigenvalue weighted by Gasteiger charge is -2.35. The number of carbonyl (C=O) groups is 3. The van der Waals surface area contributed by atoms with E-state index in [4.69, 9.17) is 9.47 Å². The summed E-state index contributed by atoms with van der Waals surface area (Å²) in [6, 6.07) is 5.79. The van der Waals surface area contributed by atoms with Crippen LogP contribution >= 0.6 is 11.3 Å². The van der Waals surface area contributed by atoms with E-state index in [1.807, 2.05) is 6.92 Å². The predicted octanol–water partition coefficient (Wildman–Crippen LogP) is 2.38. The fourth-order valence-corrected chi connectivity index (χ4v) is 7.05. The molecule has 212 valence electrons. The van der Waals surface area contributed by atoms with Crippen LogP contribution in [0.5, 0.6) is 11.5 Å². The summed E-state index contributed by atoms with van der Waals surface area (Å²) < 4.78 is 37.9. The van der Waals surface area contributed by atoms with Gasteiger partial charge in [-0.15, -0.1) is 11.3 Å². The van der Waals surface area contributed by atoms with Gasteiger partial charge >= 0.3 is 12.0 Å². The van der Waals surface area contributed by atoms with E-state index in [1.54, 1.807) is 40.6 Å². The maximum atomic E-state index is 13.4. The molecular weight excluding hydrogens is 548 g/mol. The van der Waals surface area contributed by atoms with Gasteiger partial charge in [0.1, 0.15) is 10.3 Å². The average molecular weight is 581 g/mol. The zero-order chi connectivity index (χ0) is 28.0. The van der Waals surface area contributed by atoms with Crippen LogP contribution in [0.4, 0.5) is 4.79 Å². The Bertz CT molecular complexity index is 1280. The van der Waals surface area contributed by atoms with Crippen LogP contribution in [-0.4, -0.2) is 79.7 Å². The summed E-state index contributed by atoms with van der Waals surface area (Å²) >= 11 is 1.15. The number of ether oxygens (including phenoxy) is 2. The van der Waals surface area contributed by atoms with Gasteiger partial charge < -0.3 is 30.1 Å². The Balaban J connectivity index is 1.40. The van der Waals surface area contributed by atoms with E-state index in [0.29, 0.717) is 29.9 Å². The van der Waals surface area contributed by atoms with Gasteiger partial charge in [0.25, 0.3) is 10.0 Å². The smallest absolute Gasteiger partial charge is 0.315 e. The Morgan fingerprint density at radius 1 is 1.08 bits per heavy atom. The second-order valence-electron chi connectivity index (χ2n) is 9.24. The molecule has 2 aliphatic rings. The van der Waals surface area contributed by atoms with Crippen molar-refractivity contribution in [2.45, 2.75) is 48.9 Å². The number of thiophene rings is 1. The number of hydrogen-bond acceptors (Lipinski definition) is 8. The fraction of sp³-hybridized carbons (Fsp3) is 0.480. The van der Waals surface area contributed by atoms with Crippen LogP contribution in [0.3, 0.4) is 0 Å². The van der Waals surface area contributed by atoms with Crippen molar-refractivity contribution < 1.29 is 37.4 Å². The summed E-state index contributed by atoms with van der Waals surface area (Å²) in [5, 5.41) is 16.5. The monoisotopic (exact) mass is 580 g/mol. The number of nitrogens with one attached hydrogen (secondary N) is 2. The van der Waals surface area contributed by atoms with E-state index in [2.05, 4.69) is 10.6 Å². The highest BCUT2D eigenvalue weighted by Crippen LogP contribution is 2.34. The minimum Gasteiger partial charge on any atom is -0.481 e. The SMILES string of the molecule is CCCC[C@H](NC(=O)N[C@@H](CC(=O)O)c1ccc2c(c1)OCO2)C(=O)N1CCN(S(=O)(=O)c2cccs2)CC1. The Morgan fingerprint density at radius 2 is 1.82 bits per heavy atom. The highest BCUT2D eigenvalue weighted by Gasteiger charge is 2.34. The quantitative estimate of drug-likeness (QED) is 0.366. The second kappa shape index (κ2) is 12.7. The molecule has 3 heterocycles. The molecule has 2 atom stereocenters. The number of carboxylic acids is 1. The number of rotatable bonds is 11. The number of sulfonamides is 1. The van der Waals surface area contributed by atoms with Crippen LogP contribution in [0.25, 0.3) is 0 Å². The van der Waals surface area contributed by atoms with Crippen molar-refractivity contribution in [1.82, 2.24) is 19.8 Å². The lowest BCUT2D eigenvalue weighted by atomic mass is 10.0. The van der Waals surface area contributed by atoms with Crippen molar-refractivity contribution in [3.63, 3.8) is 0 Å². The molecule has 12 nitrogen and oxygen atoms in total. The normalized spacial score (nSPS) is 16.9. The van der Waals surface area contributed by atoms with Crippen LogP contribution in [0.2, 0.25) is 0 Å².